The molecule has 1 aromatic carbocycles. The van der Waals surface area contributed by atoms with Crippen LogP contribution in [-0.4, -0.2) is 28.3 Å². The van der Waals surface area contributed by atoms with Crippen molar-refractivity contribution in [3.8, 4) is 11.4 Å². The fourth-order valence-electron chi connectivity index (χ4n) is 2.33. The molecule has 0 unspecified atom stereocenters. The van der Waals surface area contributed by atoms with Crippen LogP contribution in [0.25, 0.3) is 11.4 Å². The minimum atomic E-state index is -0.277. The smallest absolute Gasteiger partial charge is 0.261 e. The molecule has 3 aromatic rings. The Morgan fingerprint density at radius 1 is 1.20 bits per heavy atom. The summed E-state index contributed by atoms with van der Waals surface area (Å²) in [6.07, 6.45) is 3.42. The zero-order valence-corrected chi connectivity index (χ0v) is 14.7. The molecule has 0 fully saturated rings. The van der Waals surface area contributed by atoms with Crippen molar-refractivity contribution >= 4 is 28.8 Å². The number of nitrogens with one attached hydrogen (secondary N) is 3. The molecule has 0 aliphatic carbocycles. The van der Waals surface area contributed by atoms with Gasteiger partial charge in [-0.2, -0.15) is 0 Å². The zero-order chi connectivity index (χ0) is 17.8. The molecule has 2 aromatic heterocycles. The summed E-state index contributed by atoms with van der Waals surface area (Å²) in [5.74, 6) is 0.215. The number of nitrogens with zero attached hydrogens (tertiary/aromatic N) is 1. The molecule has 0 radical (unpaired) electrons. The van der Waals surface area contributed by atoms with Crippen LogP contribution in [0.3, 0.4) is 0 Å². The minimum absolute atomic E-state index is 0.0831. The number of anilines is 1. The van der Waals surface area contributed by atoms with Crippen LogP contribution >= 0.6 is 11.3 Å². The lowest BCUT2D eigenvalue weighted by Crippen LogP contribution is -2.32. The largest absolute Gasteiger partial charge is 0.345 e. The van der Waals surface area contributed by atoms with Crippen molar-refractivity contribution < 1.29 is 9.59 Å². The molecule has 6 nitrogen and oxygen atoms in total. The van der Waals surface area contributed by atoms with Gasteiger partial charge in [0.25, 0.3) is 5.91 Å². The molecule has 2 heterocycles. The molecule has 0 saturated heterocycles. The summed E-state index contributed by atoms with van der Waals surface area (Å²) in [6.45, 7) is 3.76. The molecule has 25 heavy (non-hydrogen) atoms. The first-order valence-electron chi connectivity index (χ1n) is 7.78. The van der Waals surface area contributed by atoms with Crippen LogP contribution in [-0.2, 0) is 4.79 Å². The van der Waals surface area contributed by atoms with Gasteiger partial charge < -0.3 is 15.6 Å². The third kappa shape index (κ3) is 4.13. The van der Waals surface area contributed by atoms with Gasteiger partial charge >= 0.3 is 0 Å². The number of H-pyrrole nitrogens is 1. The van der Waals surface area contributed by atoms with E-state index in [4.69, 9.17) is 0 Å². The fourth-order valence-corrected chi connectivity index (χ4v) is 3.11. The minimum Gasteiger partial charge on any atom is -0.345 e. The number of imidazole rings is 1. The van der Waals surface area contributed by atoms with Crippen molar-refractivity contribution in [1.82, 2.24) is 15.3 Å². The van der Waals surface area contributed by atoms with E-state index in [1.807, 2.05) is 38.1 Å². The van der Waals surface area contributed by atoms with Gasteiger partial charge in [-0.25, -0.2) is 4.98 Å². The Balaban J connectivity index is 1.63. The van der Waals surface area contributed by atoms with Crippen molar-refractivity contribution in [3.05, 3.63) is 58.0 Å². The molecule has 3 rings (SSSR count). The summed E-state index contributed by atoms with van der Waals surface area (Å²) < 4.78 is 0. The normalized spacial score (nSPS) is 10.5. The van der Waals surface area contributed by atoms with Crippen molar-refractivity contribution in [2.45, 2.75) is 13.8 Å². The number of aryl methyl sites for hydroxylation is 2. The number of hydrogen-bond acceptors (Lipinski definition) is 4. The summed E-state index contributed by atoms with van der Waals surface area (Å²) in [7, 11) is 0. The maximum absolute atomic E-state index is 12.2. The predicted molar refractivity (Wildman–Crippen MR) is 98.8 cm³/mol. The second-order valence-electron chi connectivity index (χ2n) is 5.61. The van der Waals surface area contributed by atoms with Crippen LogP contribution in [0.15, 0.2) is 42.7 Å². The van der Waals surface area contributed by atoms with Crippen molar-refractivity contribution in [1.29, 1.82) is 0 Å². The average Bonchev–Trinajstić information content (AvgIpc) is 3.26. The van der Waals surface area contributed by atoms with Gasteiger partial charge in [-0.05, 0) is 37.6 Å². The first-order valence-corrected chi connectivity index (χ1v) is 8.59. The molecule has 0 spiro atoms. The van der Waals surface area contributed by atoms with Gasteiger partial charge in [-0.15, -0.1) is 11.3 Å². The maximum Gasteiger partial charge on any atom is 0.261 e. The SMILES string of the molecule is Cc1ccc(C(=O)NCC(=O)Nc2cc(-c3ncc[nH]3)ccc2C)s1. The zero-order valence-electron chi connectivity index (χ0n) is 13.9. The molecule has 3 N–H and O–H groups in total. The van der Waals surface area contributed by atoms with E-state index in [9.17, 15) is 9.59 Å². The Morgan fingerprint density at radius 2 is 2.04 bits per heavy atom. The molecule has 0 bridgehead atoms. The second-order valence-corrected chi connectivity index (χ2v) is 6.90. The molecule has 0 saturated carbocycles. The molecule has 0 aliphatic rings. The average molecular weight is 354 g/mol. The number of amides is 2. The van der Waals surface area contributed by atoms with Gasteiger partial charge in [0.1, 0.15) is 5.82 Å². The molecule has 7 heteroatoms. The number of carbonyl (C=O) groups is 2. The van der Waals surface area contributed by atoms with E-state index >= 15 is 0 Å². The molecule has 2 amide bonds. The lowest BCUT2D eigenvalue weighted by Gasteiger charge is -2.10. The first kappa shape index (κ1) is 16.9. The Kier molecular flexibility index (Phi) is 4.95. The van der Waals surface area contributed by atoms with Gasteiger partial charge in [0.2, 0.25) is 5.91 Å². The van der Waals surface area contributed by atoms with E-state index in [0.717, 1.165) is 21.8 Å². The molecular formula is C18H18N4O2S. The van der Waals surface area contributed by atoms with Crippen molar-refractivity contribution in [3.63, 3.8) is 0 Å². The predicted octanol–water partition coefficient (Wildman–Crippen LogP) is 3.12. The highest BCUT2D eigenvalue weighted by Gasteiger charge is 2.11. The first-order chi connectivity index (χ1) is 12.0. The van der Waals surface area contributed by atoms with Crippen LogP contribution in [0.4, 0.5) is 5.69 Å². The second kappa shape index (κ2) is 7.31. The van der Waals surface area contributed by atoms with Crippen LogP contribution in [0.1, 0.15) is 20.1 Å². The lowest BCUT2D eigenvalue weighted by molar-refractivity contribution is -0.115. The third-order valence-electron chi connectivity index (χ3n) is 3.66. The highest BCUT2D eigenvalue weighted by Crippen LogP contribution is 2.23. The number of hydrogen-bond donors (Lipinski definition) is 3. The van der Waals surface area contributed by atoms with Gasteiger partial charge in [-0.3, -0.25) is 9.59 Å². The molecule has 0 atom stereocenters. The summed E-state index contributed by atoms with van der Waals surface area (Å²) in [4.78, 5) is 33.1. The van der Waals surface area contributed by atoms with E-state index in [1.165, 1.54) is 11.3 Å². The van der Waals surface area contributed by atoms with Gasteiger partial charge in [0.05, 0.1) is 11.4 Å². The number of benzene rings is 1. The number of aromatic amines is 1. The quantitative estimate of drug-likeness (QED) is 0.658. The van der Waals surface area contributed by atoms with Gasteiger partial charge in [-0.1, -0.05) is 12.1 Å². The highest BCUT2D eigenvalue weighted by atomic mass is 32.1. The third-order valence-corrected chi connectivity index (χ3v) is 4.66. The van der Waals surface area contributed by atoms with Crippen LogP contribution in [0.5, 0.6) is 0 Å². The molecular weight excluding hydrogens is 336 g/mol. The van der Waals surface area contributed by atoms with E-state index in [2.05, 4.69) is 20.6 Å². The Morgan fingerprint density at radius 3 is 2.72 bits per heavy atom. The highest BCUT2D eigenvalue weighted by molar-refractivity contribution is 7.13. The number of carbonyl (C=O) groups excluding carboxylic acids is 2. The van der Waals surface area contributed by atoms with Crippen molar-refractivity contribution in [2.75, 3.05) is 11.9 Å². The number of aromatic nitrogens is 2. The Labute approximate surface area is 149 Å². The summed E-state index contributed by atoms with van der Waals surface area (Å²) in [6, 6.07) is 9.34. The number of rotatable bonds is 5. The van der Waals surface area contributed by atoms with Gasteiger partial charge in [0, 0.05) is 28.5 Å². The van der Waals surface area contributed by atoms with E-state index in [1.54, 1.807) is 18.5 Å². The standard InChI is InChI=1S/C18H18N4O2S/c1-11-3-5-13(17-19-7-8-20-17)9-14(11)22-16(23)10-21-18(24)15-6-4-12(2)25-15/h3-9H,10H2,1-2H3,(H,19,20)(H,21,24)(H,22,23). The van der Waals surface area contributed by atoms with E-state index in [0.29, 0.717) is 10.6 Å². The summed E-state index contributed by atoms with van der Waals surface area (Å²) >= 11 is 1.40. The van der Waals surface area contributed by atoms with Crippen LogP contribution in [0, 0.1) is 13.8 Å². The monoisotopic (exact) mass is 354 g/mol. The van der Waals surface area contributed by atoms with Gasteiger partial charge in [0.15, 0.2) is 0 Å². The van der Waals surface area contributed by atoms with Crippen molar-refractivity contribution in [2.24, 2.45) is 0 Å². The maximum atomic E-state index is 12.2. The Bertz CT molecular complexity index is 900. The van der Waals surface area contributed by atoms with E-state index in [-0.39, 0.29) is 18.4 Å². The van der Waals surface area contributed by atoms with Crippen LogP contribution in [0.2, 0.25) is 0 Å². The topological polar surface area (TPSA) is 86.9 Å². The molecule has 0 aliphatic heterocycles. The number of thiophene rings is 1. The lowest BCUT2D eigenvalue weighted by atomic mass is 10.1. The summed E-state index contributed by atoms with van der Waals surface area (Å²) in [5, 5.41) is 5.47. The Hall–Kier alpha value is -2.93. The summed E-state index contributed by atoms with van der Waals surface area (Å²) in [5.41, 5.74) is 2.51. The van der Waals surface area contributed by atoms with Crippen LogP contribution < -0.4 is 10.6 Å². The van der Waals surface area contributed by atoms with E-state index < -0.39 is 0 Å². The molecule has 128 valence electrons. The fraction of sp³-hybridized carbons (Fsp3) is 0.167.